The molecule has 0 spiro atoms. The van der Waals surface area contributed by atoms with E-state index in [2.05, 4.69) is 15.0 Å². The summed E-state index contributed by atoms with van der Waals surface area (Å²) in [5, 5.41) is 0. The number of rotatable bonds is 7. The Kier molecular flexibility index (Phi) is 5.99. The van der Waals surface area contributed by atoms with Gasteiger partial charge >= 0.3 is 24.0 Å². The fraction of sp³-hybridized carbons (Fsp3) is 0.0435. The normalized spacial score (nSPS) is 10.2. The van der Waals surface area contributed by atoms with Gasteiger partial charge in [0.25, 0.3) is 0 Å². The lowest BCUT2D eigenvalue weighted by molar-refractivity contribution is -0.131. The number of carbonyl (C=O) groups is 1. The fourth-order valence-corrected chi connectivity index (χ4v) is 2.49. The molecule has 0 bridgehead atoms. The quantitative estimate of drug-likeness (QED) is 0.301. The number of hydrogen-bond acceptors (Lipinski definition) is 8. The molecule has 0 saturated heterocycles. The zero-order chi connectivity index (χ0) is 21.5. The van der Waals surface area contributed by atoms with Crippen LogP contribution in [0.15, 0.2) is 84.9 Å². The molecule has 154 valence electrons. The molecular formula is C23H17N3O5. The van der Waals surface area contributed by atoms with Crippen LogP contribution in [0.2, 0.25) is 0 Å². The molecule has 0 aliphatic carbocycles. The Hall–Kier alpha value is -4.46. The zero-order valence-electron chi connectivity index (χ0n) is 16.5. The average molecular weight is 415 g/mol. The molecule has 1 aromatic heterocycles. The topological polar surface area (TPSA) is 92.7 Å². The maximum absolute atomic E-state index is 11.1. The van der Waals surface area contributed by atoms with Gasteiger partial charge in [0, 0.05) is 6.92 Å². The third-order valence-electron chi connectivity index (χ3n) is 3.77. The molecule has 3 aromatic carbocycles. The molecule has 4 rings (SSSR count). The summed E-state index contributed by atoms with van der Waals surface area (Å²) >= 11 is 0. The molecule has 0 unspecified atom stereocenters. The Labute approximate surface area is 178 Å². The van der Waals surface area contributed by atoms with Gasteiger partial charge in [0.1, 0.15) is 23.0 Å². The first kappa shape index (κ1) is 19.8. The SMILES string of the molecule is CC(=O)Oc1ccc(Oc2nc(Oc3ccccc3)nc(Oc3ccccc3)n2)cc1. The van der Waals surface area contributed by atoms with Crippen LogP contribution in [0.4, 0.5) is 0 Å². The van der Waals surface area contributed by atoms with Crippen LogP contribution >= 0.6 is 0 Å². The van der Waals surface area contributed by atoms with Crippen LogP contribution in [0.1, 0.15) is 6.92 Å². The van der Waals surface area contributed by atoms with Crippen molar-refractivity contribution in [3.05, 3.63) is 84.9 Å². The average Bonchev–Trinajstić information content (AvgIpc) is 2.76. The minimum atomic E-state index is -0.406. The molecule has 0 N–H and O–H groups in total. The summed E-state index contributed by atoms with van der Waals surface area (Å²) in [4.78, 5) is 23.7. The summed E-state index contributed by atoms with van der Waals surface area (Å²) in [6.07, 6.45) is 0. The summed E-state index contributed by atoms with van der Waals surface area (Å²) in [7, 11) is 0. The summed E-state index contributed by atoms with van der Waals surface area (Å²) < 4.78 is 22.2. The smallest absolute Gasteiger partial charge is 0.331 e. The van der Waals surface area contributed by atoms with Crippen molar-refractivity contribution in [2.75, 3.05) is 0 Å². The van der Waals surface area contributed by atoms with Crippen LogP contribution in [0.5, 0.6) is 41.0 Å². The Balaban J connectivity index is 1.59. The predicted molar refractivity (Wildman–Crippen MR) is 111 cm³/mol. The molecule has 8 nitrogen and oxygen atoms in total. The summed E-state index contributed by atoms with van der Waals surface area (Å²) in [5.41, 5.74) is 0. The number of para-hydroxylation sites is 2. The van der Waals surface area contributed by atoms with E-state index < -0.39 is 5.97 Å². The van der Waals surface area contributed by atoms with Gasteiger partial charge in [-0.05, 0) is 48.5 Å². The van der Waals surface area contributed by atoms with Gasteiger partial charge in [-0.1, -0.05) is 36.4 Å². The van der Waals surface area contributed by atoms with Crippen molar-refractivity contribution in [2.24, 2.45) is 0 Å². The highest BCUT2D eigenvalue weighted by atomic mass is 16.5. The Morgan fingerprint density at radius 2 is 0.903 bits per heavy atom. The van der Waals surface area contributed by atoms with E-state index in [9.17, 15) is 4.79 Å². The van der Waals surface area contributed by atoms with Gasteiger partial charge in [0.15, 0.2) is 0 Å². The number of carbonyl (C=O) groups excluding carboxylic acids is 1. The molecule has 31 heavy (non-hydrogen) atoms. The van der Waals surface area contributed by atoms with E-state index in [1.54, 1.807) is 48.5 Å². The van der Waals surface area contributed by atoms with Crippen LogP contribution in [-0.2, 0) is 4.79 Å². The molecular weight excluding hydrogens is 398 g/mol. The van der Waals surface area contributed by atoms with E-state index in [4.69, 9.17) is 18.9 Å². The number of benzene rings is 3. The second-order valence-electron chi connectivity index (χ2n) is 6.18. The molecule has 4 aromatic rings. The third-order valence-corrected chi connectivity index (χ3v) is 3.77. The molecule has 0 atom stereocenters. The monoisotopic (exact) mass is 415 g/mol. The van der Waals surface area contributed by atoms with Crippen molar-refractivity contribution in [2.45, 2.75) is 6.92 Å². The Morgan fingerprint density at radius 1 is 0.548 bits per heavy atom. The number of hydrogen-bond donors (Lipinski definition) is 0. The van der Waals surface area contributed by atoms with Crippen LogP contribution < -0.4 is 18.9 Å². The zero-order valence-corrected chi connectivity index (χ0v) is 16.5. The fourth-order valence-electron chi connectivity index (χ4n) is 2.49. The summed E-state index contributed by atoms with van der Waals surface area (Å²) in [6, 6.07) is 24.6. The van der Waals surface area contributed by atoms with Crippen LogP contribution in [0.25, 0.3) is 0 Å². The maximum atomic E-state index is 11.1. The van der Waals surface area contributed by atoms with Gasteiger partial charge in [-0.3, -0.25) is 4.79 Å². The van der Waals surface area contributed by atoms with E-state index in [0.29, 0.717) is 23.0 Å². The Bertz CT molecular complexity index is 1090. The van der Waals surface area contributed by atoms with Crippen molar-refractivity contribution in [1.82, 2.24) is 15.0 Å². The van der Waals surface area contributed by atoms with Crippen molar-refractivity contribution < 1.29 is 23.7 Å². The first-order valence-corrected chi connectivity index (χ1v) is 9.32. The Morgan fingerprint density at radius 3 is 1.29 bits per heavy atom. The standard InChI is InChI=1S/C23H17N3O5/c1-16(27)28-19-12-14-20(15-13-19)31-23-25-21(29-17-8-4-2-5-9-17)24-22(26-23)30-18-10-6-3-7-11-18/h2-15H,1H3. The minimum absolute atomic E-state index is 0.0127. The molecule has 1 heterocycles. The van der Waals surface area contributed by atoms with Crippen molar-refractivity contribution in [1.29, 1.82) is 0 Å². The first-order chi connectivity index (χ1) is 15.1. The number of esters is 1. The van der Waals surface area contributed by atoms with E-state index in [0.717, 1.165) is 0 Å². The third kappa shape index (κ3) is 5.77. The summed E-state index contributed by atoms with van der Waals surface area (Å²) in [6.45, 7) is 1.33. The molecule has 0 saturated carbocycles. The number of nitrogens with zero attached hydrogens (tertiary/aromatic N) is 3. The first-order valence-electron chi connectivity index (χ1n) is 9.32. The van der Waals surface area contributed by atoms with E-state index in [1.807, 2.05) is 36.4 Å². The second-order valence-corrected chi connectivity index (χ2v) is 6.18. The van der Waals surface area contributed by atoms with Gasteiger partial charge in [-0.2, -0.15) is 0 Å². The lowest BCUT2D eigenvalue weighted by Gasteiger charge is -2.10. The van der Waals surface area contributed by atoms with Crippen molar-refractivity contribution in [3.8, 4) is 41.0 Å². The predicted octanol–water partition coefficient (Wildman–Crippen LogP) is 5.17. The maximum Gasteiger partial charge on any atom is 0.331 e. The largest absolute Gasteiger partial charge is 0.427 e. The highest BCUT2D eigenvalue weighted by molar-refractivity contribution is 5.69. The molecule has 0 amide bonds. The summed E-state index contributed by atoms with van der Waals surface area (Å²) in [5.74, 6) is 1.53. The van der Waals surface area contributed by atoms with Crippen molar-refractivity contribution >= 4 is 5.97 Å². The molecule has 0 aliphatic heterocycles. The minimum Gasteiger partial charge on any atom is -0.427 e. The van der Waals surface area contributed by atoms with Gasteiger partial charge in [0.05, 0.1) is 0 Å². The van der Waals surface area contributed by atoms with E-state index in [-0.39, 0.29) is 18.0 Å². The molecule has 0 aliphatic rings. The second kappa shape index (κ2) is 9.36. The number of aromatic nitrogens is 3. The van der Waals surface area contributed by atoms with Crippen LogP contribution in [0, 0.1) is 0 Å². The molecule has 8 heteroatoms. The lowest BCUT2D eigenvalue weighted by atomic mass is 10.3. The van der Waals surface area contributed by atoms with Gasteiger partial charge in [0.2, 0.25) is 0 Å². The molecule has 0 fully saturated rings. The highest BCUT2D eigenvalue weighted by Gasteiger charge is 2.13. The van der Waals surface area contributed by atoms with E-state index >= 15 is 0 Å². The van der Waals surface area contributed by atoms with Gasteiger partial charge < -0.3 is 18.9 Å². The van der Waals surface area contributed by atoms with Crippen molar-refractivity contribution in [3.63, 3.8) is 0 Å². The highest BCUT2D eigenvalue weighted by Crippen LogP contribution is 2.27. The van der Waals surface area contributed by atoms with E-state index in [1.165, 1.54) is 6.92 Å². The van der Waals surface area contributed by atoms with Crippen LogP contribution in [-0.4, -0.2) is 20.9 Å². The van der Waals surface area contributed by atoms with Gasteiger partial charge in [-0.15, -0.1) is 15.0 Å². The number of ether oxygens (including phenoxy) is 4. The van der Waals surface area contributed by atoms with Crippen LogP contribution in [0.3, 0.4) is 0 Å². The molecule has 0 radical (unpaired) electrons. The lowest BCUT2D eigenvalue weighted by Crippen LogP contribution is -2.02. The van der Waals surface area contributed by atoms with Gasteiger partial charge in [-0.25, -0.2) is 0 Å².